The van der Waals surface area contributed by atoms with Gasteiger partial charge in [0.1, 0.15) is 4.64 Å². The van der Waals surface area contributed by atoms with Gasteiger partial charge < -0.3 is 0 Å². The van der Waals surface area contributed by atoms with Gasteiger partial charge in [-0.2, -0.15) is 8.42 Å². The molecule has 7 nitrogen and oxygen atoms in total. The molecule has 3 rings (SSSR count). The van der Waals surface area contributed by atoms with Crippen molar-refractivity contribution in [3.8, 4) is 0 Å². The molecule has 1 heterocycles. The molecule has 24 heavy (non-hydrogen) atoms. The quantitative estimate of drug-likeness (QED) is 0.395. The second kappa shape index (κ2) is 6.30. The van der Waals surface area contributed by atoms with Gasteiger partial charge in [-0.1, -0.05) is 33.5 Å². The number of benzene rings is 2. The van der Waals surface area contributed by atoms with Gasteiger partial charge in [-0.05, 0) is 29.3 Å². The van der Waals surface area contributed by atoms with Crippen molar-refractivity contribution in [1.29, 1.82) is 0 Å². The maximum atomic E-state index is 12.3. The molecule has 0 saturated carbocycles. The summed E-state index contributed by atoms with van der Waals surface area (Å²) in [5.41, 5.74) is -0.170. The molecule has 0 N–H and O–H groups in total. The zero-order valence-corrected chi connectivity index (χ0v) is 14.8. The lowest BCUT2D eigenvalue weighted by Gasteiger charge is -1.96. The standard InChI is InChI=1S/C14H11N3O4S3/c1-16-14(12-4-2-3-5-13(12)23-16)22-15-24(20,21)11-8-6-10(7-9-11)17(18)19/h2-9H,1H3. The molecule has 10 heteroatoms. The van der Waals surface area contributed by atoms with E-state index in [-0.39, 0.29) is 10.6 Å². The molecule has 0 unspecified atom stereocenters. The number of fused-ring (bicyclic) bond motifs is 1. The van der Waals surface area contributed by atoms with Gasteiger partial charge in [-0.25, -0.2) is 0 Å². The lowest BCUT2D eigenvalue weighted by Crippen LogP contribution is -1.96. The second-order valence-corrected chi connectivity index (χ2v) is 8.54. The van der Waals surface area contributed by atoms with Crippen LogP contribution in [0.15, 0.2) is 57.2 Å². The van der Waals surface area contributed by atoms with Crippen molar-refractivity contribution in [2.24, 2.45) is 10.8 Å². The highest BCUT2D eigenvalue weighted by molar-refractivity contribution is 7.94. The van der Waals surface area contributed by atoms with Crippen LogP contribution in [0.5, 0.6) is 0 Å². The van der Waals surface area contributed by atoms with Crippen molar-refractivity contribution < 1.29 is 13.3 Å². The summed E-state index contributed by atoms with van der Waals surface area (Å²) in [6, 6.07) is 12.3. The number of hydrogen-bond donors (Lipinski definition) is 0. The van der Waals surface area contributed by atoms with Crippen LogP contribution >= 0.6 is 11.5 Å². The summed E-state index contributed by atoms with van der Waals surface area (Å²) < 4.78 is 32.0. The van der Waals surface area contributed by atoms with Crippen molar-refractivity contribution in [1.82, 2.24) is 3.96 Å². The highest BCUT2D eigenvalue weighted by Crippen LogP contribution is 2.21. The monoisotopic (exact) mass is 381 g/mol. The minimum absolute atomic E-state index is 0.0808. The first kappa shape index (κ1) is 16.6. The lowest BCUT2D eigenvalue weighted by atomic mass is 10.3. The molecule has 0 spiro atoms. The van der Waals surface area contributed by atoms with Gasteiger partial charge in [0.25, 0.3) is 15.7 Å². The van der Waals surface area contributed by atoms with Gasteiger partial charge in [0.2, 0.25) is 0 Å². The highest BCUT2D eigenvalue weighted by Gasteiger charge is 2.14. The van der Waals surface area contributed by atoms with Gasteiger partial charge in [0, 0.05) is 24.6 Å². The molecule has 0 radical (unpaired) electrons. The van der Waals surface area contributed by atoms with Crippen molar-refractivity contribution in [2.45, 2.75) is 4.90 Å². The average Bonchev–Trinajstić information content (AvgIpc) is 2.88. The van der Waals surface area contributed by atoms with Gasteiger partial charge in [-0.15, -0.1) is 0 Å². The maximum absolute atomic E-state index is 12.3. The van der Waals surface area contributed by atoms with E-state index in [9.17, 15) is 18.5 Å². The van der Waals surface area contributed by atoms with Crippen molar-refractivity contribution in [2.75, 3.05) is 0 Å². The third-order valence-electron chi connectivity index (χ3n) is 3.21. The summed E-state index contributed by atoms with van der Waals surface area (Å²) in [6.07, 6.45) is 0. The smallest absolute Gasteiger partial charge is 0.290 e. The molecule has 0 atom stereocenters. The predicted molar refractivity (Wildman–Crippen MR) is 94.1 cm³/mol. The van der Waals surface area contributed by atoms with Gasteiger partial charge in [0.15, 0.2) is 0 Å². The van der Waals surface area contributed by atoms with Crippen LogP contribution in [-0.2, 0) is 28.2 Å². The Morgan fingerprint density at radius 2 is 1.83 bits per heavy atom. The fourth-order valence-electron chi connectivity index (χ4n) is 2.06. The second-order valence-electron chi connectivity index (χ2n) is 4.78. The third-order valence-corrected chi connectivity index (χ3v) is 6.95. The van der Waals surface area contributed by atoms with Crippen LogP contribution in [0.1, 0.15) is 0 Å². The van der Waals surface area contributed by atoms with E-state index in [2.05, 4.69) is 3.77 Å². The minimum Gasteiger partial charge on any atom is -0.290 e. The molecule has 0 aliphatic heterocycles. The summed E-state index contributed by atoms with van der Waals surface area (Å²) >= 11 is 2.37. The first-order valence-corrected chi connectivity index (χ1v) is 9.64. The van der Waals surface area contributed by atoms with Crippen LogP contribution in [0.3, 0.4) is 0 Å². The van der Waals surface area contributed by atoms with E-state index >= 15 is 0 Å². The molecule has 0 saturated heterocycles. The molecular formula is C14H11N3O4S3. The summed E-state index contributed by atoms with van der Waals surface area (Å²) in [6.45, 7) is 0. The van der Waals surface area contributed by atoms with Crippen molar-refractivity contribution in [3.05, 3.63) is 63.3 Å². The van der Waals surface area contributed by atoms with Gasteiger partial charge in [-0.3, -0.25) is 14.1 Å². The summed E-state index contributed by atoms with van der Waals surface area (Å²) in [7, 11) is -2.07. The summed E-state index contributed by atoms with van der Waals surface area (Å²) in [5.74, 6) is 0. The van der Waals surface area contributed by atoms with Crippen LogP contribution in [-0.4, -0.2) is 17.3 Å². The zero-order valence-electron chi connectivity index (χ0n) is 12.3. The molecule has 0 amide bonds. The first-order valence-electron chi connectivity index (χ1n) is 6.65. The normalized spacial score (nSPS) is 11.4. The average molecular weight is 381 g/mol. The Bertz CT molecular complexity index is 1140. The van der Waals surface area contributed by atoms with E-state index in [0.717, 1.165) is 38.0 Å². The fourth-order valence-corrected chi connectivity index (χ4v) is 5.10. The van der Waals surface area contributed by atoms with Crippen LogP contribution in [0.25, 0.3) is 10.1 Å². The summed E-state index contributed by atoms with van der Waals surface area (Å²) in [4.78, 5) is 9.97. The van der Waals surface area contributed by atoms with Crippen molar-refractivity contribution in [3.63, 3.8) is 0 Å². The third kappa shape index (κ3) is 3.16. The number of hydrogen-bond acceptors (Lipinski definition) is 5. The molecule has 0 fully saturated rings. The van der Waals surface area contributed by atoms with E-state index in [4.69, 9.17) is 0 Å². The van der Waals surface area contributed by atoms with Crippen LogP contribution in [0, 0.1) is 14.8 Å². The zero-order chi connectivity index (χ0) is 17.3. The highest BCUT2D eigenvalue weighted by atomic mass is 32.2. The molecular weight excluding hydrogens is 370 g/mol. The number of aromatic nitrogens is 1. The molecule has 0 bridgehead atoms. The van der Waals surface area contributed by atoms with Gasteiger partial charge in [0.05, 0.1) is 14.5 Å². The van der Waals surface area contributed by atoms with E-state index in [1.54, 1.807) is 0 Å². The molecule has 0 aliphatic rings. The van der Waals surface area contributed by atoms with E-state index in [1.807, 2.05) is 35.3 Å². The van der Waals surface area contributed by atoms with E-state index in [0.29, 0.717) is 0 Å². The number of aryl methyl sites for hydroxylation is 1. The molecule has 0 aliphatic carbocycles. The largest absolute Gasteiger partial charge is 0.292 e. The maximum Gasteiger partial charge on any atom is 0.292 e. The Hall–Kier alpha value is -2.30. The van der Waals surface area contributed by atoms with Crippen molar-refractivity contribution >= 4 is 48.5 Å². The van der Waals surface area contributed by atoms with E-state index < -0.39 is 14.9 Å². The van der Waals surface area contributed by atoms with E-state index in [1.165, 1.54) is 23.7 Å². The number of nitrogens with zero attached hydrogens (tertiary/aromatic N) is 3. The Labute approximate surface area is 144 Å². The topological polar surface area (TPSA) is 94.6 Å². The number of sulfonamides is 1. The number of nitro groups is 1. The van der Waals surface area contributed by atoms with Gasteiger partial charge >= 0.3 is 0 Å². The number of rotatable bonds is 3. The number of nitro benzene ring substituents is 1. The SMILES string of the molecule is Cn1sc2ccccc2c1=S=NS(=O)(=O)c1ccc([N+](=O)[O-])cc1. The van der Waals surface area contributed by atoms with Crippen LogP contribution < -0.4 is 0 Å². The molecule has 1 aromatic heterocycles. The molecule has 3 aromatic rings. The fraction of sp³-hybridized carbons (Fsp3) is 0.0714. The molecule has 124 valence electrons. The first-order chi connectivity index (χ1) is 11.4. The number of non-ortho nitro benzene ring substituents is 1. The van der Waals surface area contributed by atoms with Crippen LogP contribution in [0.2, 0.25) is 0 Å². The lowest BCUT2D eigenvalue weighted by molar-refractivity contribution is -0.384. The Morgan fingerprint density at radius 3 is 2.50 bits per heavy atom. The molecule has 2 aromatic carbocycles. The Balaban J connectivity index is 2.12. The summed E-state index contributed by atoms with van der Waals surface area (Å²) in [5, 5.41) is 11.6. The van der Waals surface area contributed by atoms with Crippen LogP contribution in [0.4, 0.5) is 5.69 Å². The Morgan fingerprint density at radius 1 is 1.17 bits per heavy atom. The minimum atomic E-state index is -3.91. The Kier molecular flexibility index (Phi) is 4.35. The predicted octanol–water partition coefficient (Wildman–Crippen LogP) is 3.34.